The van der Waals surface area contributed by atoms with Crippen LogP contribution in [0.3, 0.4) is 0 Å². The van der Waals surface area contributed by atoms with Gasteiger partial charge in [0.1, 0.15) is 5.82 Å². The molecule has 3 rings (SSSR count). The lowest BCUT2D eigenvalue weighted by Crippen LogP contribution is -2.25. The van der Waals surface area contributed by atoms with Gasteiger partial charge in [0.2, 0.25) is 0 Å². The molecular weight excluding hydrogens is 544 g/mol. The van der Waals surface area contributed by atoms with Gasteiger partial charge in [-0.2, -0.15) is 0 Å². The van der Waals surface area contributed by atoms with Crippen LogP contribution in [-0.2, 0) is 0 Å². The zero-order valence-corrected chi connectivity index (χ0v) is 15.9. The Labute approximate surface area is 161 Å². The quantitative estimate of drug-likeness (QED) is 0.380. The lowest BCUT2D eigenvalue weighted by atomic mass is 10.1. The number of imide groups is 1. The molecule has 1 aromatic carbocycles. The summed E-state index contributed by atoms with van der Waals surface area (Å²) in [7, 11) is 0. The SMILES string of the molecule is Nc1c2c(cc(=O)n1-c1c(I)cc(C(=O)O)cc1I)C(=O)NC2=O. The summed E-state index contributed by atoms with van der Waals surface area (Å²) in [4.78, 5) is 47.1. The minimum atomic E-state index is -1.10. The van der Waals surface area contributed by atoms with Crippen LogP contribution in [0.1, 0.15) is 31.1 Å². The van der Waals surface area contributed by atoms with Crippen LogP contribution in [0.25, 0.3) is 5.69 Å². The molecule has 1 aliphatic rings. The number of hydrogen-bond donors (Lipinski definition) is 3. The number of nitrogens with two attached hydrogens (primary N) is 1. The molecule has 0 saturated carbocycles. The Morgan fingerprint density at radius 1 is 1.08 bits per heavy atom. The van der Waals surface area contributed by atoms with Crippen LogP contribution in [0.4, 0.5) is 5.82 Å². The van der Waals surface area contributed by atoms with Gasteiger partial charge < -0.3 is 10.8 Å². The summed E-state index contributed by atoms with van der Waals surface area (Å²) in [6.07, 6.45) is 0. The average Bonchev–Trinajstić information content (AvgIpc) is 2.75. The Balaban J connectivity index is 2.36. The topological polar surface area (TPSA) is 131 Å². The number of carboxylic acids is 1. The molecule has 0 atom stereocenters. The van der Waals surface area contributed by atoms with Gasteiger partial charge in [0.15, 0.2) is 0 Å². The maximum Gasteiger partial charge on any atom is 0.335 e. The van der Waals surface area contributed by atoms with Crippen LogP contribution in [0.15, 0.2) is 23.0 Å². The lowest BCUT2D eigenvalue weighted by molar-refractivity contribution is 0.0695. The van der Waals surface area contributed by atoms with Crippen molar-refractivity contribution in [3.63, 3.8) is 0 Å². The Kier molecular flexibility index (Phi) is 4.11. The molecule has 0 radical (unpaired) electrons. The van der Waals surface area contributed by atoms with E-state index < -0.39 is 23.3 Å². The second-order valence-corrected chi connectivity index (χ2v) is 7.19. The van der Waals surface area contributed by atoms with Crippen LogP contribution in [0, 0.1) is 7.14 Å². The fourth-order valence-corrected chi connectivity index (χ4v) is 4.66. The van der Waals surface area contributed by atoms with E-state index in [1.807, 2.05) is 45.2 Å². The van der Waals surface area contributed by atoms with Gasteiger partial charge >= 0.3 is 5.97 Å². The minimum absolute atomic E-state index is 0.0616. The highest BCUT2D eigenvalue weighted by atomic mass is 127. The molecule has 2 heterocycles. The molecule has 8 nitrogen and oxygen atoms in total. The number of carbonyl (C=O) groups excluding carboxylic acids is 2. The van der Waals surface area contributed by atoms with Crippen LogP contribution >= 0.6 is 45.2 Å². The second-order valence-electron chi connectivity index (χ2n) is 4.87. The Morgan fingerprint density at radius 2 is 1.67 bits per heavy atom. The van der Waals surface area contributed by atoms with Crippen LogP contribution in [0.5, 0.6) is 0 Å². The van der Waals surface area contributed by atoms with Gasteiger partial charge in [0, 0.05) is 13.2 Å². The van der Waals surface area contributed by atoms with Gasteiger partial charge in [-0.25, -0.2) is 4.79 Å². The fourth-order valence-electron chi connectivity index (χ4n) is 2.41. The average molecular weight is 551 g/mol. The van der Waals surface area contributed by atoms with Crippen molar-refractivity contribution in [1.82, 2.24) is 9.88 Å². The molecular formula is C14H7I2N3O5. The highest BCUT2D eigenvalue weighted by Gasteiger charge is 2.32. The highest BCUT2D eigenvalue weighted by molar-refractivity contribution is 14.1. The van der Waals surface area contributed by atoms with Crippen LogP contribution in [0.2, 0.25) is 0 Å². The summed E-state index contributed by atoms with van der Waals surface area (Å²) in [6, 6.07) is 3.83. The number of anilines is 1. The Morgan fingerprint density at radius 3 is 2.21 bits per heavy atom. The number of nitrogens with zero attached hydrogens (tertiary/aromatic N) is 1. The molecule has 0 unspecified atom stereocenters. The fraction of sp³-hybridized carbons (Fsp3) is 0. The van der Waals surface area contributed by atoms with Crippen molar-refractivity contribution in [1.29, 1.82) is 0 Å². The lowest BCUT2D eigenvalue weighted by Gasteiger charge is -2.15. The number of rotatable bonds is 2. The summed E-state index contributed by atoms with van der Waals surface area (Å²) in [6.45, 7) is 0. The third kappa shape index (κ3) is 2.49. The van der Waals surface area contributed by atoms with Crippen LogP contribution < -0.4 is 16.6 Å². The first-order chi connectivity index (χ1) is 11.2. The largest absolute Gasteiger partial charge is 0.478 e. The van der Waals surface area contributed by atoms with E-state index >= 15 is 0 Å². The number of aromatic carboxylic acids is 1. The number of aromatic nitrogens is 1. The van der Waals surface area contributed by atoms with E-state index in [4.69, 9.17) is 10.8 Å². The molecule has 122 valence electrons. The van der Waals surface area contributed by atoms with Gasteiger partial charge in [-0.1, -0.05) is 0 Å². The highest BCUT2D eigenvalue weighted by Crippen LogP contribution is 2.29. The summed E-state index contributed by atoms with van der Waals surface area (Å²) in [5.41, 5.74) is 5.69. The Hall–Kier alpha value is -1.96. The third-order valence-electron chi connectivity index (χ3n) is 3.44. The van der Waals surface area contributed by atoms with Crippen LogP contribution in [-0.4, -0.2) is 27.5 Å². The van der Waals surface area contributed by atoms with Crippen molar-refractivity contribution >= 4 is 68.8 Å². The third-order valence-corrected chi connectivity index (χ3v) is 5.09. The van der Waals surface area contributed by atoms with Crippen molar-refractivity contribution in [2.75, 3.05) is 5.73 Å². The normalized spacial score (nSPS) is 12.9. The van der Waals surface area contributed by atoms with Crippen molar-refractivity contribution in [2.24, 2.45) is 0 Å². The number of pyridine rings is 1. The number of fused-ring (bicyclic) bond motifs is 1. The predicted octanol–water partition coefficient (Wildman–Crippen LogP) is 1.21. The number of carboxylic acid groups (broad SMARTS) is 1. The summed E-state index contributed by atoms with van der Waals surface area (Å²) >= 11 is 3.78. The molecule has 10 heteroatoms. The molecule has 2 aromatic rings. The molecule has 0 spiro atoms. The van der Waals surface area contributed by atoms with E-state index in [0.717, 1.165) is 10.6 Å². The number of nitrogen functional groups attached to an aromatic ring is 1. The van der Waals surface area contributed by atoms with Crippen molar-refractivity contribution in [3.05, 3.63) is 52.4 Å². The molecule has 1 aromatic heterocycles. The number of hydrogen-bond acceptors (Lipinski definition) is 5. The van der Waals surface area contributed by atoms with Gasteiger partial charge in [-0.05, 0) is 57.3 Å². The monoisotopic (exact) mass is 551 g/mol. The summed E-state index contributed by atoms with van der Waals surface area (Å²) in [5, 5.41) is 11.2. The van der Waals surface area contributed by atoms with E-state index in [2.05, 4.69) is 5.32 Å². The number of carbonyl (C=O) groups is 3. The van der Waals surface area contributed by atoms with E-state index in [9.17, 15) is 19.2 Å². The number of benzene rings is 1. The predicted molar refractivity (Wildman–Crippen MR) is 101 cm³/mol. The first-order valence-corrected chi connectivity index (χ1v) is 8.52. The molecule has 2 amide bonds. The molecule has 0 saturated heterocycles. The molecule has 1 aliphatic heterocycles. The van der Waals surface area contributed by atoms with Gasteiger partial charge in [0.05, 0.1) is 22.4 Å². The number of halogens is 2. The standard InChI is InChI=1S/C14H7I2N3O5/c15-6-1-4(14(23)24)2-7(16)10(6)19-8(20)3-5-9(11(19)17)13(22)18-12(5)21/h1-3H,17H2,(H,23,24)(H,18,21,22). The first kappa shape index (κ1) is 16.9. The zero-order valence-electron chi connectivity index (χ0n) is 11.6. The van der Waals surface area contributed by atoms with E-state index in [1.54, 1.807) is 0 Å². The zero-order chi connectivity index (χ0) is 17.8. The van der Waals surface area contributed by atoms with E-state index in [-0.39, 0.29) is 22.5 Å². The van der Waals surface area contributed by atoms with Crippen molar-refractivity contribution in [3.8, 4) is 5.69 Å². The van der Waals surface area contributed by atoms with Gasteiger partial charge in [0.25, 0.3) is 17.4 Å². The van der Waals surface area contributed by atoms with Crippen molar-refractivity contribution in [2.45, 2.75) is 0 Å². The summed E-state index contributed by atoms with van der Waals surface area (Å²) in [5.74, 6) is -2.61. The number of amides is 2. The molecule has 0 aliphatic carbocycles. The smallest absolute Gasteiger partial charge is 0.335 e. The van der Waals surface area contributed by atoms with Crippen molar-refractivity contribution < 1.29 is 19.5 Å². The maximum absolute atomic E-state index is 12.4. The maximum atomic E-state index is 12.4. The minimum Gasteiger partial charge on any atom is -0.478 e. The first-order valence-electron chi connectivity index (χ1n) is 6.36. The molecule has 24 heavy (non-hydrogen) atoms. The van der Waals surface area contributed by atoms with Gasteiger partial charge in [-0.3, -0.25) is 24.3 Å². The molecule has 0 fully saturated rings. The summed E-state index contributed by atoms with van der Waals surface area (Å²) < 4.78 is 2.04. The Bertz CT molecular complexity index is 989. The molecule has 4 N–H and O–H groups in total. The second kappa shape index (κ2) is 5.84. The molecule has 0 bridgehead atoms. The number of nitrogens with one attached hydrogen (secondary N) is 1. The van der Waals surface area contributed by atoms with Gasteiger partial charge in [-0.15, -0.1) is 0 Å². The van der Waals surface area contributed by atoms with E-state index in [1.165, 1.54) is 12.1 Å². The van der Waals surface area contributed by atoms with E-state index in [0.29, 0.717) is 12.8 Å².